The van der Waals surface area contributed by atoms with Gasteiger partial charge in [0.15, 0.2) is 0 Å². The molecule has 4 heteroatoms. The van der Waals surface area contributed by atoms with E-state index < -0.39 is 0 Å². The Bertz CT molecular complexity index is 381. The highest BCUT2D eigenvalue weighted by molar-refractivity contribution is 9.10. The summed E-state index contributed by atoms with van der Waals surface area (Å²) in [5, 5.41) is 0.499. The number of nitrogens with zero attached hydrogens (tertiary/aromatic N) is 2. The standard InChI is InChI=1S/C10H6BrClN2/c11-9-3-1-7(5-13-9)8-2-4-10(12)14-6-8/h1-6H. The number of pyridine rings is 2. The van der Waals surface area contributed by atoms with Gasteiger partial charge in [0, 0.05) is 23.5 Å². The van der Waals surface area contributed by atoms with Crippen LogP contribution in [0.1, 0.15) is 0 Å². The quantitative estimate of drug-likeness (QED) is 0.740. The summed E-state index contributed by atoms with van der Waals surface area (Å²) in [7, 11) is 0. The Hall–Kier alpha value is -0.930. The van der Waals surface area contributed by atoms with Gasteiger partial charge in [0.25, 0.3) is 0 Å². The number of halogens is 2. The second-order valence-electron chi connectivity index (χ2n) is 2.74. The van der Waals surface area contributed by atoms with Gasteiger partial charge in [-0.15, -0.1) is 0 Å². The fourth-order valence-corrected chi connectivity index (χ4v) is 1.44. The molecule has 0 aliphatic heterocycles. The third kappa shape index (κ3) is 2.11. The lowest BCUT2D eigenvalue weighted by Gasteiger charge is -1.99. The lowest BCUT2D eigenvalue weighted by Crippen LogP contribution is -1.82. The van der Waals surface area contributed by atoms with E-state index in [2.05, 4.69) is 25.9 Å². The zero-order valence-electron chi connectivity index (χ0n) is 7.11. The summed E-state index contributed by atoms with van der Waals surface area (Å²) in [6.07, 6.45) is 3.52. The van der Waals surface area contributed by atoms with Crippen LogP contribution >= 0.6 is 27.5 Å². The number of hydrogen-bond donors (Lipinski definition) is 0. The minimum Gasteiger partial charge on any atom is -0.249 e. The first-order valence-electron chi connectivity index (χ1n) is 3.99. The molecule has 0 spiro atoms. The van der Waals surface area contributed by atoms with E-state index in [4.69, 9.17) is 11.6 Å². The SMILES string of the molecule is Clc1ccc(-c2ccc(Br)nc2)cn1. The van der Waals surface area contributed by atoms with Crippen molar-refractivity contribution < 1.29 is 0 Å². The summed E-state index contributed by atoms with van der Waals surface area (Å²) < 4.78 is 0.822. The number of hydrogen-bond acceptors (Lipinski definition) is 2. The molecule has 0 atom stereocenters. The Labute approximate surface area is 95.1 Å². The molecule has 0 amide bonds. The summed E-state index contributed by atoms with van der Waals surface area (Å²) in [6, 6.07) is 7.55. The maximum Gasteiger partial charge on any atom is 0.129 e. The molecule has 0 radical (unpaired) electrons. The van der Waals surface area contributed by atoms with Crippen molar-refractivity contribution in [1.29, 1.82) is 0 Å². The summed E-state index contributed by atoms with van der Waals surface area (Å²) in [6.45, 7) is 0. The lowest BCUT2D eigenvalue weighted by molar-refractivity contribution is 1.26. The van der Waals surface area contributed by atoms with Crippen molar-refractivity contribution in [2.24, 2.45) is 0 Å². The predicted octanol–water partition coefficient (Wildman–Crippen LogP) is 3.56. The van der Waals surface area contributed by atoms with Gasteiger partial charge in [0.1, 0.15) is 9.76 Å². The molecular weight excluding hydrogens is 263 g/mol. The molecule has 0 unspecified atom stereocenters. The molecule has 0 aliphatic carbocycles. The molecule has 2 nitrogen and oxygen atoms in total. The monoisotopic (exact) mass is 268 g/mol. The average Bonchev–Trinajstić information content (AvgIpc) is 2.21. The van der Waals surface area contributed by atoms with Crippen molar-refractivity contribution in [2.45, 2.75) is 0 Å². The van der Waals surface area contributed by atoms with Crippen molar-refractivity contribution >= 4 is 27.5 Å². The molecule has 0 aliphatic rings. The van der Waals surface area contributed by atoms with Gasteiger partial charge in [-0.05, 0) is 34.1 Å². The van der Waals surface area contributed by atoms with E-state index in [1.165, 1.54) is 0 Å². The molecule has 0 saturated heterocycles. The van der Waals surface area contributed by atoms with E-state index in [1.54, 1.807) is 18.5 Å². The molecule has 70 valence electrons. The van der Waals surface area contributed by atoms with E-state index >= 15 is 0 Å². The third-order valence-electron chi connectivity index (χ3n) is 1.79. The second-order valence-corrected chi connectivity index (χ2v) is 3.94. The van der Waals surface area contributed by atoms with Crippen LogP contribution in [0.2, 0.25) is 5.15 Å². The molecule has 0 aromatic carbocycles. The fourth-order valence-electron chi connectivity index (χ4n) is 1.09. The zero-order valence-corrected chi connectivity index (χ0v) is 9.46. The summed E-state index contributed by atoms with van der Waals surface area (Å²) in [5.74, 6) is 0. The molecule has 0 bridgehead atoms. The van der Waals surface area contributed by atoms with Crippen LogP contribution < -0.4 is 0 Å². The van der Waals surface area contributed by atoms with Crippen LogP contribution in [0.5, 0.6) is 0 Å². The van der Waals surface area contributed by atoms with Gasteiger partial charge in [-0.3, -0.25) is 0 Å². The second kappa shape index (κ2) is 4.07. The molecule has 2 aromatic rings. The van der Waals surface area contributed by atoms with Gasteiger partial charge >= 0.3 is 0 Å². The fraction of sp³-hybridized carbons (Fsp3) is 0. The predicted molar refractivity (Wildman–Crippen MR) is 60.2 cm³/mol. The normalized spacial score (nSPS) is 10.1. The van der Waals surface area contributed by atoms with Gasteiger partial charge in [-0.2, -0.15) is 0 Å². The van der Waals surface area contributed by atoms with Crippen LogP contribution in [0.4, 0.5) is 0 Å². The Morgan fingerprint density at radius 2 is 1.57 bits per heavy atom. The Morgan fingerprint density at radius 3 is 2.07 bits per heavy atom. The smallest absolute Gasteiger partial charge is 0.129 e. The highest BCUT2D eigenvalue weighted by Crippen LogP contribution is 2.19. The van der Waals surface area contributed by atoms with Gasteiger partial charge < -0.3 is 0 Å². The molecule has 2 aromatic heterocycles. The third-order valence-corrected chi connectivity index (χ3v) is 2.48. The van der Waals surface area contributed by atoms with E-state index in [-0.39, 0.29) is 0 Å². The Balaban J connectivity index is 2.40. The van der Waals surface area contributed by atoms with E-state index in [9.17, 15) is 0 Å². The van der Waals surface area contributed by atoms with Crippen molar-refractivity contribution in [2.75, 3.05) is 0 Å². The zero-order chi connectivity index (χ0) is 9.97. The van der Waals surface area contributed by atoms with Crippen LogP contribution in [0, 0.1) is 0 Å². The first kappa shape index (κ1) is 9.62. The van der Waals surface area contributed by atoms with Crippen molar-refractivity contribution in [3.63, 3.8) is 0 Å². The minimum absolute atomic E-state index is 0.499. The molecule has 0 N–H and O–H groups in total. The summed E-state index contributed by atoms with van der Waals surface area (Å²) in [5.41, 5.74) is 2.03. The topological polar surface area (TPSA) is 25.8 Å². The first-order chi connectivity index (χ1) is 6.75. The summed E-state index contributed by atoms with van der Waals surface area (Å²) in [4.78, 5) is 8.14. The van der Waals surface area contributed by atoms with Crippen LogP contribution in [0.15, 0.2) is 41.3 Å². The maximum atomic E-state index is 5.69. The summed E-state index contributed by atoms with van der Waals surface area (Å²) >= 11 is 8.97. The highest BCUT2D eigenvalue weighted by Gasteiger charge is 1.98. The van der Waals surface area contributed by atoms with Gasteiger partial charge in [-0.25, -0.2) is 9.97 Å². The highest BCUT2D eigenvalue weighted by atomic mass is 79.9. The molecule has 0 fully saturated rings. The Kier molecular flexibility index (Phi) is 2.79. The number of rotatable bonds is 1. The first-order valence-corrected chi connectivity index (χ1v) is 5.16. The largest absolute Gasteiger partial charge is 0.249 e. The van der Waals surface area contributed by atoms with E-state index in [1.807, 2.05) is 18.2 Å². The van der Waals surface area contributed by atoms with E-state index in [0.29, 0.717) is 5.15 Å². The van der Waals surface area contributed by atoms with Crippen molar-refractivity contribution in [3.8, 4) is 11.1 Å². The molecule has 2 rings (SSSR count). The average molecular weight is 270 g/mol. The molecule has 0 saturated carbocycles. The number of aromatic nitrogens is 2. The van der Waals surface area contributed by atoms with Crippen molar-refractivity contribution in [3.05, 3.63) is 46.4 Å². The van der Waals surface area contributed by atoms with Crippen LogP contribution in [0.3, 0.4) is 0 Å². The van der Waals surface area contributed by atoms with Crippen LogP contribution in [-0.4, -0.2) is 9.97 Å². The maximum absolute atomic E-state index is 5.69. The van der Waals surface area contributed by atoms with Crippen LogP contribution in [-0.2, 0) is 0 Å². The minimum atomic E-state index is 0.499. The molecule has 14 heavy (non-hydrogen) atoms. The molecular formula is C10H6BrClN2. The van der Waals surface area contributed by atoms with Crippen LogP contribution in [0.25, 0.3) is 11.1 Å². The lowest BCUT2D eigenvalue weighted by atomic mass is 10.1. The van der Waals surface area contributed by atoms with E-state index in [0.717, 1.165) is 15.7 Å². The van der Waals surface area contributed by atoms with Gasteiger partial charge in [0.05, 0.1) is 0 Å². The van der Waals surface area contributed by atoms with Crippen molar-refractivity contribution in [1.82, 2.24) is 9.97 Å². The van der Waals surface area contributed by atoms with Gasteiger partial charge in [0.2, 0.25) is 0 Å². The van der Waals surface area contributed by atoms with Gasteiger partial charge in [-0.1, -0.05) is 17.7 Å². The Morgan fingerprint density at radius 1 is 0.929 bits per heavy atom. The molecule has 2 heterocycles.